The van der Waals surface area contributed by atoms with Gasteiger partial charge in [-0.2, -0.15) is 0 Å². The van der Waals surface area contributed by atoms with Gasteiger partial charge in [-0.05, 0) is 34.9 Å². The summed E-state index contributed by atoms with van der Waals surface area (Å²) < 4.78 is 5.62. The van der Waals surface area contributed by atoms with Gasteiger partial charge in [-0.15, -0.1) is 0 Å². The molecule has 1 heterocycles. The summed E-state index contributed by atoms with van der Waals surface area (Å²) in [7, 11) is 0. The molecule has 2 unspecified atom stereocenters. The predicted molar refractivity (Wildman–Crippen MR) is 157 cm³/mol. The van der Waals surface area contributed by atoms with Crippen LogP contribution in [0.3, 0.4) is 0 Å². The molecule has 2 aliphatic rings. The van der Waals surface area contributed by atoms with Crippen LogP contribution in [0.2, 0.25) is 0 Å². The summed E-state index contributed by atoms with van der Waals surface area (Å²) in [4.78, 5) is 31.5. The Bertz CT molecular complexity index is 1600. The number of fused-ring (bicyclic) bond motifs is 1. The molecule has 6 heteroatoms. The van der Waals surface area contributed by atoms with Crippen LogP contribution in [0.5, 0.6) is 0 Å². The molecule has 0 bridgehead atoms. The molecule has 1 saturated carbocycles. The molecule has 2 aliphatic carbocycles. The van der Waals surface area contributed by atoms with E-state index in [1.807, 2.05) is 91.0 Å². The van der Waals surface area contributed by atoms with Gasteiger partial charge in [0.2, 0.25) is 0 Å². The molecule has 1 N–H and O–H groups in total. The van der Waals surface area contributed by atoms with Crippen LogP contribution in [0, 0.1) is 0 Å². The standard InChI is InChI=1S/C35H32N2O4/c38-30(17-16-28-35-32(40)20-27(21-33(35)41-37-28)25-14-8-3-9-15-25)34-29(36-22-23-10-4-1-5-11-23)18-26(19-31(34)39)24-12-6-2-7-13-24/h1-15,26-27,38H,16-22H2/b34-30+,36-29?. The second-order valence-electron chi connectivity index (χ2n) is 10.9. The number of ketones is 2. The zero-order valence-electron chi connectivity index (χ0n) is 22.8. The molecule has 6 nitrogen and oxygen atoms in total. The average molecular weight is 545 g/mol. The normalized spacial score (nSPS) is 21.1. The number of aliphatic hydroxyl groups excluding tert-OH is 1. The van der Waals surface area contributed by atoms with Crippen LogP contribution in [0.4, 0.5) is 0 Å². The van der Waals surface area contributed by atoms with Crippen LogP contribution in [0.15, 0.2) is 112 Å². The second kappa shape index (κ2) is 11.9. The van der Waals surface area contributed by atoms with Gasteiger partial charge in [0.05, 0.1) is 29.1 Å². The third-order valence-corrected chi connectivity index (χ3v) is 8.14. The molecular weight excluding hydrogens is 512 g/mol. The van der Waals surface area contributed by atoms with Crippen molar-refractivity contribution < 1.29 is 19.2 Å². The van der Waals surface area contributed by atoms with Crippen LogP contribution in [-0.2, 0) is 24.2 Å². The highest BCUT2D eigenvalue weighted by Gasteiger charge is 2.34. The van der Waals surface area contributed by atoms with Gasteiger partial charge in [0.15, 0.2) is 11.6 Å². The zero-order chi connectivity index (χ0) is 28.2. The van der Waals surface area contributed by atoms with Crippen molar-refractivity contribution in [3.8, 4) is 0 Å². The Labute approximate surface area is 239 Å². The molecule has 206 valence electrons. The lowest BCUT2D eigenvalue weighted by Gasteiger charge is -2.26. The van der Waals surface area contributed by atoms with E-state index in [1.165, 1.54) is 0 Å². The van der Waals surface area contributed by atoms with Crippen LogP contribution < -0.4 is 0 Å². The van der Waals surface area contributed by atoms with Crippen molar-refractivity contribution in [3.63, 3.8) is 0 Å². The Kier molecular flexibility index (Phi) is 7.72. The van der Waals surface area contributed by atoms with E-state index in [0.717, 1.165) is 16.7 Å². The first kappa shape index (κ1) is 26.6. The topological polar surface area (TPSA) is 92.8 Å². The number of carbonyl (C=O) groups is 2. The van der Waals surface area contributed by atoms with E-state index in [0.29, 0.717) is 67.0 Å². The lowest BCUT2D eigenvalue weighted by atomic mass is 9.78. The SMILES string of the molecule is O=C1CC(c2ccccc2)CC(=NCc2ccccc2)/C1=C(\O)CCc1noc2c1C(=O)CC(c1ccccc1)C2. The first-order valence-electron chi connectivity index (χ1n) is 14.2. The fraction of sp³-hybridized carbons (Fsp3) is 0.257. The minimum absolute atomic E-state index is 0.00417. The average Bonchev–Trinajstić information content (AvgIpc) is 3.43. The molecule has 3 aromatic carbocycles. The summed E-state index contributed by atoms with van der Waals surface area (Å²) in [6, 6.07) is 29.9. The van der Waals surface area contributed by atoms with E-state index in [4.69, 9.17) is 9.52 Å². The fourth-order valence-corrected chi connectivity index (χ4v) is 6.03. The van der Waals surface area contributed by atoms with Crippen molar-refractivity contribution >= 4 is 17.3 Å². The Morgan fingerprint density at radius 3 is 2.02 bits per heavy atom. The maximum Gasteiger partial charge on any atom is 0.168 e. The van der Waals surface area contributed by atoms with Gasteiger partial charge in [0, 0.05) is 32.1 Å². The predicted octanol–water partition coefficient (Wildman–Crippen LogP) is 7.12. The summed E-state index contributed by atoms with van der Waals surface area (Å²) in [5.74, 6) is 0.560. The van der Waals surface area contributed by atoms with Gasteiger partial charge in [0.1, 0.15) is 11.5 Å². The highest BCUT2D eigenvalue weighted by atomic mass is 16.5. The van der Waals surface area contributed by atoms with Gasteiger partial charge in [0.25, 0.3) is 0 Å². The second-order valence-corrected chi connectivity index (χ2v) is 10.9. The summed E-state index contributed by atoms with van der Waals surface area (Å²) >= 11 is 0. The molecule has 0 amide bonds. The maximum atomic E-state index is 13.5. The Morgan fingerprint density at radius 2 is 1.37 bits per heavy atom. The summed E-state index contributed by atoms with van der Waals surface area (Å²) in [6.07, 6.45) is 2.37. The van der Waals surface area contributed by atoms with Gasteiger partial charge in [-0.25, -0.2) is 0 Å². The molecule has 2 atom stereocenters. The van der Waals surface area contributed by atoms with Crippen LogP contribution in [0.25, 0.3) is 0 Å². The van der Waals surface area contributed by atoms with E-state index < -0.39 is 0 Å². The largest absolute Gasteiger partial charge is 0.511 e. The summed E-state index contributed by atoms with van der Waals surface area (Å²) in [6.45, 7) is 0.426. The molecular formula is C35H32N2O4. The third-order valence-electron chi connectivity index (χ3n) is 8.14. The number of rotatable bonds is 7. The molecule has 1 aromatic heterocycles. The van der Waals surface area contributed by atoms with E-state index in [1.54, 1.807) is 0 Å². The number of benzene rings is 3. The third kappa shape index (κ3) is 5.82. The fourth-order valence-electron chi connectivity index (χ4n) is 6.03. The van der Waals surface area contributed by atoms with E-state index >= 15 is 0 Å². The van der Waals surface area contributed by atoms with Crippen molar-refractivity contribution in [1.29, 1.82) is 0 Å². The number of aromatic nitrogens is 1. The molecule has 1 fully saturated rings. The number of hydrogen-bond donors (Lipinski definition) is 1. The van der Waals surface area contributed by atoms with Crippen molar-refractivity contribution in [3.05, 3.63) is 136 Å². The number of carbonyl (C=O) groups excluding carboxylic acids is 2. The van der Waals surface area contributed by atoms with Crippen molar-refractivity contribution in [1.82, 2.24) is 5.16 Å². The van der Waals surface area contributed by atoms with Crippen molar-refractivity contribution in [2.24, 2.45) is 4.99 Å². The summed E-state index contributed by atoms with van der Waals surface area (Å²) in [5, 5.41) is 15.5. The number of Topliss-reactive ketones (excluding diaryl/α,β-unsaturated/α-hetero) is 2. The van der Waals surface area contributed by atoms with E-state index in [2.05, 4.69) is 5.16 Å². The maximum absolute atomic E-state index is 13.5. The number of hydrogen-bond acceptors (Lipinski definition) is 6. The quantitative estimate of drug-likeness (QED) is 0.198. The minimum atomic E-state index is -0.113. The highest BCUT2D eigenvalue weighted by molar-refractivity contribution is 6.24. The number of allylic oxidation sites excluding steroid dienone is 2. The van der Waals surface area contributed by atoms with Crippen LogP contribution in [0.1, 0.15) is 76.0 Å². The Balaban J connectivity index is 1.23. The van der Waals surface area contributed by atoms with Crippen LogP contribution in [-0.4, -0.2) is 27.5 Å². The van der Waals surface area contributed by atoms with E-state index in [-0.39, 0.29) is 35.6 Å². The highest BCUT2D eigenvalue weighted by Crippen LogP contribution is 2.36. The number of nitrogens with zero attached hydrogens (tertiary/aromatic N) is 2. The Hall–Kier alpha value is -4.58. The molecule has 6 rings (SSSR count). The summed E-state index contributed by atoms with van der Waals surface area (Å²) in [5.41, 5.74) is 5.24. The molecule has 0 radical (unpaired) electrons. The van der Waals surface area contributed by atoms with E-state index in [9.17, 15) is 14.7 Å². The van der Waals surface area contributed by atoms with Crippen LogP contribution >= 0.6 is 0 Å². The first-order chi connectivity index (χ1) is 20.1. The zero-order valence-corrected chi connectivity index (χ0v) is 22.8. The monoisotopic (exact) mass is 544 g/mol. The number of aryl methyl sites for hydroxylation is 1. The Morgan fingerprint density at radius 1 is 0.780 bits per heavy atom. The van der Waals surface area contributed by atoms with Crippen molar-refractivity contribution in [2.45, 2.75) is 56.9 Å². The van der Waals surface area contributed by atoms with Gasteiger partial charge in [-0.1, -0.05) is 96.2 Å². The minimum Gasteiger partial charge on any atom is -0.511 e. The van der Waals surface area contributed by atoms with Crippen molar-refractivity contribution in [2.75, 3.05) is 0 Å². The molecule has 0 spiro atoms. The first-order valence-corrected chi connectivity index (χ1v) is 14.2. The number of aliphatic hydroxyl groups is 1. The number of aliphatic imine (C=N–C) groups is 1. The van der Waals surface area contributed by atoms with Gasteiger partial charge < -0.3 is 9.63 Å². The van der Waals surface area contributed by atoms with Gasteiger partial charge in [-0.3, -0.25) is 14.6 Å². The molecule has 0 aliphatic heterocycles. The molecule has 41 heavy (non-hydrogen) atoms. The molecule has 0 saturated heterocycles. The lowest BCUT2D eigenvalue weighted by Crippen LogP contribution is -2.27. The molecule has 4 aromatic rings. The smallest absolute Gasteiger partial charge is 0.168 e. The van der Waals surface area contributed by atoms with Gasteiger partial charge >= 0.3 is 0 Å². The lowest BCUT2D eigenvalue weighted by molar-refractivity contribution is -0.116.